The first-order valence-corrected chi connectivity index (χ1v) is 7.30. The van der Waals surface area contributed by atoms with Gasteiger partial charge in [0.15, 0.2) is 0 Å². The summed E-state index contributed by atoms with van der Waals surface area (Å²) in [6.07, 6.45) is 0. The molecule has 3 nitrogen and oxygen atoms in total. The van der Waals surface area contributed by atoms with Crippen LogP contribution in [0.2, 0.25) is 0 Å². The van der Waals surface area contributed by atoms with Crippen LogP contribution in [0.15, 0.2) is 40.9 Å². The van der Waals surface area contributed by atoms with Gasteiger partial charge in [-0.15, -0.1) is 0 Å². The number of rotatable bonds is 4. The van der Waals surface area contributed by atoms with E-state index < -0.39 is 5.82 Å². The maximum absolute atomic E-state index is 13.2. The maximum atomic E-state index is 13.2. The topological polar surface area (TPSA) is 38.3 Å². The molecule has 0 atom stereocenters. The predicted molar refractivity (Wildman–Crippen MR) is 84.4 cm³/mol. The molecule has 21 heavy (non-hydrogen) atoms. The highest BCUT2D eigenvalue weighted by Crippen LogP contribution is 2.26. The first kappa shape index (κ1) is 15.5. The van der Waals surface area contributed by atoms with Crippen molar-refractivity contribution in [3.05, 3.63) is 57.8 Å². The molecule has 2 aromatic carbocycles. The molecule has 2 aromatic rings. The zero-order chi connectivity index (χ0) is 15.4. The highest BCUT2D eigenvalue weighted by Gasteiger charge is 2.12. The number of aryl methyl sites for hydroxylation is 1. The van der Waals surface area contributed by atoms with Crippen molar-refractivity contribution in [1.29, 1.82) is 0 Å². The second kappa shape index (κ2) is 6.72. The Labute approximate surface area is 131 Å². The van der Waals surface area contributed by atoms with E-state index in [2.05, 4.69) is 21.2 Å². The molecule has 0 heterocycles. The van der Waals surface area contributed by atoms with Crippen molar-refractivity contribution >= 4 is 27.5 Å². The van der Waals surface area contributed by atoms with Crippen molar-refractivity contribution in [2.75, 3.05) is 11.9 Å². The lowest BCUT2D eigenvalue weighted by Gasteiger charge is -2.12. The van der Waals surface area contributed by atoms with Gasteiger partial charge in [-0.3, -0.25) is 4.79 Å². The Kier molecular flexibility index (Phi) is 4.96. The molecule has 0 radical (unpaired) electrons. The molecule has 5 heteroatoms. The monoisotopic (exact) mass is 351 g/mol. The maximum Gasteiger partial charge on any atom is 0.255 e. The molecule has 0 aliphatic heterocycles. The summed E-state index contributed by atoms with van der Waals surface area (Å²) < 4.78 is 19.4. The lowest BCUT2D eigenvalue weighted by atomic mass is 10.1. The van der Waals surface area contributed by atoms with Gasteiger partial charge in [0.1, 0.15) is 11.6 Å². The third-order valence-corrected chi connectivity index (χ3v) is 3.25. The molecule has 0 spiro atoms. The average Bonchev–Trinajstić information content (AvgIpc) is 2.41. The highest BCUT2D eigenvalue weighted by molar-refractivity contribution is 9.10. The molecule has 1 amide bonds. The minimum atomic E-state index is -0.408. The normalized spacial score (nSPS) is 10.3. The summed E-state index contributed by atoms with van der Waals surface area (Å²) in [4.78, 5) is 12.3. The molecule has 0 unspecified atom stereocenters. The highest BCUT2D eigenvalue weighted by atomic mass is 79.9. The van der Waals surface area contributed by atoms with E-state index >= 15 is 0 Å². The van der Waals surface area contributed by atoms with Crippen LogP contribution < -0.4 is 10.1 Å². The van der Waals surface area contributed by atoms with Crippen LogP contribution in [0, 0.1) is 12.7 Å². The zero-order valence-corrected chi connectivity index (χ0v) is 13.3. The van der Waals surface area contributed by atoms with Crippen LogP contribution >= 0.6 is 15.9 Å². The number of carbonyl (C=O) groups excluding carboxylic acids is 1. The fourth-order valence-electron chi connectivity index (χ4n) is 1.94. The van der Waals surface area contributed by atoms with Crippen LogP contribution in [0.4, 0.5) is 10.1 Å². The van der Waals surface area contributed by atoms with Crippen LogP contribution in [0.25, 0.3) is 0 Å². The fourth-order valence-corrected chi connectivity index (χ4v) is 2.54. The number of nitrogens with one attached hydrogen (secondary N) is 1. The molecule has 0 saturated heterocycles. The third-order valence-electron chi connectivity index (χ3n) is 2.80. The summed E-state index contributed by atoms with van der Waals surface area (Å²) in [6.45, 7) is 4.10. The van der Waals surface area contributed by atoms with Crippen molar-refractivity contribution in [1.82, 2.24) is 0 Å². The Bertz CT molecular complexity index is 653. The summed E-state index contributed by atoms with van der Waals surface area (Å²) in [6, 6.07) is 9.45. The molecule has 0 fully saturated rings. The van der Waals surface area contributed by atoms with Crippen molar-refractivity contribution in [3.8, 4) is 5.75 Å². The fraction of sp³-hybridized carbons (Fsp3) is 0.188. The molecular weight excluding hydrogens is 337 g/mol. The summed E-state index contributed by atoms with van der Waals surface area (Å²) in [5.41, 5.74) is 1.94. The van der Waals surface area contributed by atoms with Crippen LogP contribution in [0.3, 0.4) is 0 Å². The number of halogens is 2. The summed E-state index contributed by atoms with van der Waals surface area (Å²) in [5, 5.41) is 2.74. The third kappa shape index (κ3) is 4.04. The standard InChI is InChI=1S/C16H15BrFNO2/c1-3-21-15-9-13(18)4-5-14(15)19-16(20)11-6-10(2)7-12(17)8-11/h4-9H,3H2,1-2H3,(H,19,20). The number of anilines is 1. The van der Waals surface area contributed by atoms with Gasteiger partial charge in [0.2, 0.25) is 0 Å². The van der Waals surface area contributed by atoms with E-state index in [9.17, 15) is 9.18 Å². The summed E-state index contributed by atoms with van der Waals surface area (Å²) in [7, 11) is 0. The first-order chi connectivity index (χ1) is 9.99. The van der Waals surface area contributed by atoms with Crippen molar-refractivity contribution in [2.24, 2.45) is 0 Å². The summed E-state index contributed by atoms with van der Waals surface area (Å²) >= 11 is 3.36. The first-order valence-electron chi connectivity index (χ1n) is 6.50. The number of hydrogen-bond donors (Lipinski definition) is 1. The van der Waals surface area contributed by atoms with E-state index in [0.717, 1.165) is 10.0 Å². The average molecular weight is 352 g/mol. The molecule has 110 valence electrons. The second-order valence-corrected chi connectivity index (χ2v) is 5.46. The second-order valence-electron chi connectivity index (χ2n) is 4.54. The Morgan fingerprint density at radius 1 is 1.29 bits per heavy atom. The van der Waals surface area contributed by atoms with Crippen LogP contribution in [-0.2, 0) is 0 Å². The largest absolute Gasteiger partial charge is 0.492 e. The molecule has 0 aliphatic carbocycles. The number of hydrogen-bond acceptors (Lipinski definition) is 2. The van der Waals surface area contributed by atoms with Gasteiger partial charge < -0.3 is 10.1 Å². The Hall–Kier alpha value is -1.88. The Morgan fingerprint density at radius 2 is 2.05 bits per heavy atom. The van der Waals surface area contributed by atoms with Gasteiger partial charge in [-0.05, 0) is 49.7 Å². The summed E-state index contributed by atoms with van der Waals surface area (Å²) in [5.74, 6) is -0.362. The Morgan fingerprint density at radius 3 is 2.71 bits per heavy atom. The van der Waals surface area contributed by atoms with E-state index in [-0.39, 0.29) is 5.91 Å². The zero-order valence-electron chi connectivity index (χ0n) is 11.7. The van der Waals surface area contributed by atoms with Gasteiger partial charge >= 0.3 is 0 Å². The lowest BCUT2D eigenvalue weighted by Crippen LogP contribution is -2.13. The van der Waals surface area contributed by atoms with Crippen LogP contribution in [0.5, 0.6) is 5.75 Å². The molecule has 2 rings (SSSR count). The van der Waals surface area contributed by atoms with E-state index in [1.807, 2.05) is 13.0 Å². The number of amides is 1. The molecule has 1 N–H and O–H groups in total. The predicted octanol–water partition coefficient (Wildman–Crippen LogP) is 4.55. The minimum Gasteiger partial charge on any atom is -0.492 e. The number of ether oxygens (including phenoxy) is 1. The van der Waals surface area contributed by atoms with E-state index in [4.69, 9.17) is 4.74 Å². The smallest absolute Gasteiger partial charge is 0.255 e. The molecule has 0 saturated carbocycles. The van der Waals surface area contributed by atoms with Crippen LogP contribution in [-0.4, -0.2) is 12.5 Å². The molecule has 0 aromatic heterocycles. The molecule has 0 bridgehead atoms. The van der Waals surface area contributed by atoms with Gasteiger partial charge in [0.25, 0.3) is 5.91 Å². The Balaban J connectivity index is 2.26. The molecule has 0 aliphatic rings. The van der Waals surface area contributed by atoms with Gasteiger partial charge in [-0.1, -0.05) is 15.9 Å². The van der Waals surface area contributed by atoms with Gasteiger partial charge in [-0.25, -0.2) is 4.39 Å². The lowest BCUT2D eigenvalue weighted by molar-refractivity contribution is 0.102. The van der Waals surface area contributed by atoms with Crippen LogP contribution in [0.1, 0.15) is 22.8 Å². The van der Waals surface area contributed by atoms with E-state index in [1.165, 1.54) is 18.2 Å². The van der Waals surface area contributed by atoms with Crippen molar-refractivity contribution in [2.45, 2.75) is 13.8 Å². The minimum absolute atomic E-state index is 0.271. The number of carbonyl (C=O) groups is 1. The quantitative estimate of drug-likeness (QED) is 0.877. The SMILES string of the molecule is CCOc1cc(F)ccc1NC(=O)c1cc(C)cc(Br)c1. The van der Waals surface area contributed by atoms with Crippen molar-refractivity contribution in [3.63, 3.8) is 0 Å². The number of benzene rings is 2. The van der Waals surface area contributed by atoms with Crippen molar-refractivity contribution < 1.29 is 13.9 Å². The molecular formula is C16H15BrFNO2. The van der Waals surface area contributed by atoms with E-state index in [0.29, 0.717) is 23.6 Å². The van der Waals surface area contributed by atoms with Gasteiger partial charge in [0, 0.05) is 16.1 Å². The van der Waals surface area contributed by atoms with Gasteiger partial charge in [0.05, 0.1) is 12.3 Å². The van der Waals surface area contributed by atoms with Gasteiger partial charge in [-0.2, -0.15) is 0 Å². The van der Waals surface area contributed by atoms with E-state index in [1.54, 1.807) is 19.1 Å².